The van der Waals surface area contributed by atoms with Crippen molar-refractivity contribution in [3.05, 3.63) is 0 Å². The van der Waals surface area contributed by atoms with Crippen LogP contribution in [0.5, 0.6) is 0 Å². The second-order valence-corrected chi connectivity index (χ2v) is 7.63. The smallest absolute Gasteiger partial charge is 0.236 e. The average Bonchev–Trinajstić information content (AvgIpc) is 2.63. The number of rotatable bonds is 4. The summed E-state index contributed by atoms with van der Waals surface area (Å²) in [6.45, 7) is 11.2. The Hall–Kier alpha value is -1.18. The van der Waals surface area contributed by atoms with E-state index in [1.807, 2.05) is 9.80 Å². The Morgan fingerprint density at radius 1 is 0.840 bits per heavy atom. The Balaban J connectivity index is 1.37. The number of hydrogen-bond donors (Lipinski definition) is 0. The van der Waals surface area contributed by atoms with E-state index in [1.54, 1.807) is 0 Å². The Morgan fingerprint density at radius 3 is 2.08 bits per heavy atom. The molecule has 1 atom stereocenters. The van der Waals surface area contributed by atoms with Crippen molar-refractivity contribution in [1.29, 1.82) is 0 Å². The van der Waals surface area contributed by atoms with Gasteiger partial charge in [0.05, 0.1) is 26.3 Å². The van der Waals surface area contributed by atoms with Gasteiger partial charge in [0.1, 0.15) is 0 Å². The van der Waals surface area contributed by atoms with Crippen molar-refractivity contribution in [3.8, 4) is 0 Å². The lowest BCUT2D eigenvalue weighted by Crippen LogP contribution is -2.54. The van der Waals surface area contributed by atoms with Crippen LogP contribution in [-0.4, -0.2) is 110 Å². The summed E-state index contributed by atoms with van der Waals surface area (Å²) in [4.78, 5) is 33.2. The maximum absolute atomic E-state index is 12.5. The predicted octanol–water partition coefficient (Wildman–Crippen LogP) is -0.279. The zero-order valence-corrected chi connectivity index (χ0v) is 15.5. The molecule has 3 aliphatic rings. The fourth-order valence-electron chi connectivity index (χ4n) is 3.91. The van der Waals surface area contributed by atoms with E-state index in [0.29, 0.717) is 19.0 Å². The summed E-state index contributed by atoms with van der Waals surface area (Å²) >= 11 is 0. The minimum Gasteiger partial charge on any atom is -0.379 e. The first-order valence-electron chi connectivity index (χ1n) is 9.70. The number of piperidine rings is 1. The molecule has 0 aromatic rings. The van der Waals surface area contributed by atoms with Crippen molar-refractivity contribution in [2.75, 3.05) is 78.7 Å². The molecular formula is C18H32N4O3. The highest BCUT2D eigenvalue weighted by Crippen LogP contribution is 2.16. The summed E-state index contributed by atoms with van der Waals surface area (Å²) in [5.74, 6) is 1.07. The van der Waals surface area contributed by atoms with E-state index in [9.17, 15) is 9.59 Å². The summed E-state index contributed by atoms with van der Waals surface area (Å²) in [5, 5.41) is 0. The van der Waals surface area contributed by atoms with Crippen LogP contribution in [0, 0.1) is 5.92 Å². The highest BCUT2D eigenvalue weighted by Gasteiger charge is 2.27. The maximum Gasteiger partial charge on any atom is 0.236 e. The van der Waals surface area contributed by atoms with E-state index in [2.05, 4.69) is 16.7 Å². The molecule has 3 aliphatic heterocycles. The van der Waals surface area contributed by atoms with Crippen molar-refractivity contribution >= 4 is 11.8 Å². The monoisotopic (exact) mass is 352 g/mol. The molecule has 25 heavy (non-hydrogen) atoms. The lowest BCUT2D eigenvalue weighted by molar-refractivity contribution is -0.137. The van der Waals surface area contributed by atoms with Crippen LogP contribution in [0.15, 0.2) is 0 Å². The van der Waals surface area contributed by atoms with Crippen molar-refractivity contribution in [2.24, 2.45) is 5.92 Å². The van der Waals surface area contributed by atoms with E-state index in [0.717, 1.165) is 72.0 Å². The highest BCUT2D eigenvalue weighted by molar-refractivity contribution is 5.79. The van der Waals surface area contributed by atoms with Gasteiger partial charge in [-0.1, -0.05) is 6.92 Å². The zero-order valence-electron chi connectivity index (χ0n) is 15.5. The fraction of sp³-hybridized carbons (Fsp3) is 0.889. The number of ether oxygens (including phenoxy) is 1. The van der Waals surface area contributed by atoms with Crippen LogP contribution in [0.4, 0.5) is 0 Å². The van der Waals surface area contributed by atoms with Crippen molar-refractivity contribution in [2.45, 2.75) is 19.8 Å². The molecule has 142 valence electrons. The van der Waals surface area contributed by atoms with Crippen LogP contribution in [0.25, 0.3) is 0 Å². The second kappa shape index (κ2) is 8.96. The van der Waals surface area contributed by atoms with Crippen LogP contribution < -0.4 is 0 Å². The summed E-state index contributed by atoms with van der Waals surface area (Å²) in [7, 11) is 0. The normalized spacial score (nSPS) is 26.7. The molecule has 7 nitrogen and oxygen atoms in total. The molecule has 0 bridgehead atoms. The molecular weight excluding hydrogens is 320 g/mol. The van der Waals surface area contributed by atoms with Gasteiger partial charge in [-0.15, -0.1) is 0 Å². The number of hydrogen-bond acceptors (Lipinski definition) is 5. The van der Waals surface area contributed by atoms with Crippen LogP contribution in [0.1, 0.15) is 19.8 Å². The number of piperazine rings is 1. The number of morpholine rings is 1. The molecule has 0 aliphatic carbocycles. The van der Waals surface area contributed by atoms with Crippen LogP contribution >= 0.6 is 0 Å². The molecule has 2 amide bonds. The third-order valence-corrected chi connectivity index (χ3v) is 5.56. The van der Waals surface area contributed by atoms with Gasteiger partial charge in [-0.2, -0.15) is 0 Å². The van der Waals surface area contributed by atoms with E-state index in [1.165, 1.54) is 6.42 Å². The molecule has 7 heteroatoms. The molecule has 3 rings (SSSR count). The summed E-state index contributed by atoms with van der Waals surface area (Å²) < 4.78 is 5.33. The molecule has 3 saturated heterocycles. The van der Waals surface area contributed by atoms with E-state index in [4.69, 9.17) is 4.74 Å². The van der Waals surface area contributed by atoms with Crippen LogP contribution in [0.3, 0.4) is 0 Å². The molecule has 3 heterocycles. The Kier molecular flexibility index (Phi) is 6.67. The molecule has 0 aromatic carbocycles. The number of likely N-dealkylation sites (tertiary alicyclic amines) is 1. The molecule has 0 N–H and O–H groups in total. The molecule has 1 unspecified atom stereocenters. The topological polar surface area (TPSA) is 56.3 Å². The van der Waals surface area contributed by atoms with Crippen LogP contribution in [-0.2, 0) is 14.3 Å². The fourth-order valence-corrected chi connectivity index (χ4v) is 3.91. The Labute approximate surface area is 150 Å². The number of nitrogens with zero attached hydrogens (tertiary/aromatic N) is 4. The first kappa shape index (κ1) is 18.6. The Bertz CT molecular complexity index is 459. The van der Waals surface area contributed by atoms with E-state index in [-0.39, 0.29) is 11.8 Å². The summed E-state index contributed by atoms with van der Waals surface area (Å²) in [5.41, 5.74) is 0. The van der Waals surface area contributed by atoms with E-state index < -0.39 is 0 Å². The third kappa shape index (κ3) is 5.39. The standard InChI is InChI=1S/C18H32N4O3/c1-16-3-2-4-22(13-16)18(24)15-19-5-7-21(8-6-19)17(23)14-20-9-11-25-12-10-20/h16H,2-15H2,1H3. The third-order valence-electron chi connectivity index (χ3n) is 5.56. The first-order chi connectivity index (χ1) is 12.1. The van der Waals surface area contributed by atoms with Crippen molar-refractivity contribution < 1.29 is 14.3 Å². The second-order valence-electron chi connectivity index (χ2n) is 7.63. The highest BCUT2D eigenvalue weighted by atomic mass is 16.5. The van der Waals surface area contributed by atoms with Crippen molar-refractivity contribution in [1.82, 2.24) is 19.6 Å². The minimum atomic E-state index is 0.206. The lowest BCUT2D eigenvalue weighted by atomic mass is 10.0. The predicted molar refractivity (Wildman–Crippen MR) is 95.3 cm³/mol. The number of carbonyl (C=O) groups is 2. The van der Waals surface area contributed by atoms with Crippen molar-refractivity contribution in [3.63, 3.8) is 0 Å². The molecule has 0 saturated carbocycles. The van der Waals surface area contributed by atoms with Gasteiger partial charge in [-0.25, -0.2) is 0 Å². The Morgan fingerprint density at radius 2 is 1.44 bits per heavy atom. The van der Waals surface area contributed by atoms with Gasteiger partial charge < -0.3 is 14.5 Å². The quantitative estimate of drug-likeness (QED) is 0.697. The average molecular weight is 352 g/mol. The number of carbonyl (C=O) groups excluding carboxylic acids is 2. The van der Waals surface area contributed by atoms with Gasteiger partial charge in [0.2, 0.25) is 11.8 Å². The molecule has 0 radical (unpaired) electrons. The molecule has 3 fully saturated rings. The van der Waals surface area contributed by atoms with Crippen LogP contribution in [0.2, 0.25) is 0 Å². The van der Waals surface area contributed by atoms with Gasteiger partial charge in [-0.3, -0.25) is 19.4 Å². The van der Waals surface area contributed by atoms with Gasteiger partial charge in [0.15, 0.2) is 0 Å². The van der Waals surface area contributed by atoms with Gasteiger partial charge in [0.25, 0.3) is 0 Å². The van der Waals surface area contributed by atoms with Gasteiger partial charge >= 0.3 is 0 Å². The minimum absolute atomic E-state index is 0.206. The molecule has 0 aromatic heterocycles. The maximum atomic E-state index is 12.5. The first-order valence-corrected chi connectivity index (χ1v) is 9.70. The van der Waals surface area contributed by atoms with Gasteiger partial charge in [-0.05, 0) is 18.8 Å². The SMILES string of the molecule is CC1CCCN(C(=O)CN2CCN(C(=O)CN3CCOCC3)CC2)C1. The van der Waals surface area contributed by atoms with Gasteiger partial charge in [0, 0.05) is 52.4 Å². The number of amides is 2. The lowest BCUT2D eigenvalue weighted by Gasteiger charge is -2.37. The largest absolute Gasteiger partial charge is 0.379 e. The van der Waals surface area contributed by atoms with E-state index >= 15 is 0 Å². The zero-order chi connectivity index (χ0) is 17.6. The summed E-state index contributed by atoms with van der Waals surface area (Å²) in [6, 6.07) is 0. The summed E-state index contributed by atoms with van der Waals surface area (Å²) in [6.07, 6.45) is 2.35. The molecule has 0 spiro atoms.